The fourth-order valence-electron chi connectivity index (χ4n) is 3.36. The van der Waals surface area contributed by atoms with Gasteiger partial charge in [-0.05, 0) is 37.1 Å². The molecule has 26 heavy (non-hydrogen) atoms. The van der Waals surface area contributed by atoms with Crippen molar-refractivity contribution in [3.8, 4) is 0 Å². The number of carbonyl (C=O) groups is 1. The predicted octanol–water partition coefficient (Wildman–Crippen LogP) is 1.92. The number of carbonyl (C=O) groups excluding carboxylic acids is 1. The Hall–Kier alpha value is -2.67. The second-order valence-electron chi connectivity index (χ2n) is 6.56. The monoisotopic (exact) mass is 353 g/mol. The summed E-state index contributed by atoms with van der Waals surface area (Å²) in [6.07, 6.45) is 4.95. The molecular formula is C19H23N5O2. The van der Waals surface area contributed by atoms with Gasteiger partial charge in [0.2, 0.25) is 0 Å². The number of nitrogens with zero attached hydrogens (tertiary/aromatic N) is 4. The molecule has 0 aromatic carbocycles. The molecule has 4 rings (SSSR count). The molecule has 1 N–H and O–H groups in total. The highest BCUT2D eigenvalue weighted by Gasteiger charge is 2.24. The number of hydrogen-bond acceptors (Lipinski definition) is 6. The van der Waals surface area contributed by atoms with Gasteiger partial charge in [0, 0.05) is 39.0 Å². The molecule has 2 fully saturated rings. The molecule has 7 nitrogen and oxygen atoms in total. The first kappa shape index (κ1) is 16.8. The van der Waals surface area contributed by atoms with Gasteiger partial charge >= 0.3 is 0 Å². The van der Waals surface area contributed by atoms with E-state index in [4.69, 9.17) is 4.74 Å². The maximum atomic E-state index is 12.1. The molecule has 0 spiro atoms. The van der Waals surface area contributed by atoms with Crippen molar-refractivity contribution in [2.45, 2.75) is 18.9 Å². The lowest BCUT2D eigenvalue weighted by molar-refractivity contribution is -0.124. The van der Waals surface area contributed by atoms with Crippen LogP contribution in [0.5, 0.6) is 0 Å². The number of amides is 1. The summed E-state index contributed by atoms with van der Waals surface area (Å²) in [6, 6.07) is 9.85. The molecule has 0 radical (unpaired) electrons. The number of pyridine rings is 2. The van der Waals surface area contributed by atoms with Crippen LogP contribution in [0.15, 0.2) is 42.7 Å². The van der Waals surface area contributed by atoms with Gasteiger partial charge in [-0.3, -0.25) is 4.79 Å². The number of anilines is 3. The van der Waals surface area contributed by atoms with Crippen LogP contribution >= 0.6 is 0 Å². The first-order chi connectivity index (χ1) is 12.8. The minimum Gasteiger partial charge on any atom is -0.368 e. The highest BCUT2D eigenvalue weighted by molar-refractivity contribution is 5.94. The molecule has 1 amide bonds. The summed E-state index contributed by atoms with van der Waals surface area (Å²) in [5.41, 5.74) is 0.710. The summed E-state index contributed by atoms with van der Waals surface area (Å²) in [4.78, 5) is 25.6. The van der Waals surface area contributed by atoms with Crippen molar-refractivity contribution in [1.29, 1.82) is 0 Å². The summed E-state index contributed by atoms with van der Waals surface area (Å²) < 4.78 is 5.40. The average molecular weight is 353 g/mol. The van der Waals surface area contributed by atoms with E-state index in [1.807, 2.05) is 36.5 Å². The summed E-state index contributed by atoms with van der Waals surface area (Å²) in [6.45, 7) is 4.28. The smallest absolute Gasteiger partial charge is 0.253 e. The molecule has 2 aromatic heterocycles. The van der Waals surface area contributed by atoms with Gasteiger partial charge in [0.25, 0.3) is 5.91 Å². The average Bonchev–Trinajstić information content (AvgIpc) is 3.25. The molecule has 2 aliphatic heterocycles. The molecule has 1 unspecified atom stereocenters. The minimum atomic E-state index is -0.325. The Morgan fingerprint density at radius 2 is 1.81 bits per heavy atom. The van der Waals surface area contributed by atoms with Gasteiger partial charge in [-0.2, -0.15) is 0 Å². The first-order valence-electron chi connectivity index (χ1n) is 9.09. The number of aromatic nitrogens is 2. The number of ether oxygens (including phenoxy) is 1. The number of nitrogens with one attached hydrogen (secondary N) is 1. The third-order valence-electron chi connectivity index (χ3n) is 4.81. The molecule has 0 aliphatic carbocycles. The molecule has 136 valence electrons. The van der Waals surface area contributed by atoms with Gasteiger partial charge in [0.15, 0.2) is 0 Å². The van der Waals surface area contributed by atoms with E-state index < -0.39 is 0 Å². The van der Waals surface area contributed by atoms with Gasteiger partial charge in [0.05, 0.1) is 11.9 Å². The van der Waals surface area contributed by atoms with E-state index in [1.54, 1.807) is 6.20 Å². The molecule has 1 atom stereocenters. The lowest BCUT2D eigenvalue weighted by Crippen LogP contribution is -2.47. The lowest BCUT2D eigenvalue weighted by atomic mass is 10.2. The highest BCUT2D eigenvalue weighted by Crippen LogP contribution is 2.20. The Balaban J connectivity index is 1.32. The Kier molecular flexibility index (Phi) is 4.97. The number of rotatable bonds is 4. The molecule has 2 aliphatic rings. The van der Waals surface area contributed by atoms with E-state index in [-0.39, 0.29) is 12.0 Å². The Labute approximate surface area is 153 Å². The molecule has 4 heterocycles. The van der Waals surface area contributed by atoms with Crippen molar-refractivity contribution < 1.29 is 9.53 Å². The van der Waals surface area contributed by atoms with Gasteiger partial charge in [0.1, 0.15) is 17.7 Å². The highest BCUT2D eigenvalue weighted by atomic mass is 16.5. The molecule has 7 heteroatoms. The van der Waals surface area contributed by atoms with Crippen LogP contribution in [0.3, 0.4) is 0 Å². The molecule has 2 aromatic rings. The van der Waals surface area contributed by atoms with Crippen LogP contribution in [-0.2, 0) is 9.53 Å². The summed E-state index contributed by atoms with van der Waals surface area (Å²) in [5, 5.41) is 2.88. The summed E-state index contributed by atoms with van der Waals surface area (Å²) in [7, 11) is 0. The third-order valence-corrected chi connectivity index (χ3v) is 4.81. The summed E-state index contributed by atoms with van der Waals surface area (Å²) >= 11 is 0. The molecular weight excluding hydrogens is 330 g/mol. The Bertz CT molecular complexity index is 723. The fourth-order valence-corrected chi connectivity index (χ4v) is 3.36. The lowest BCUT2D eigenvalue weighted by Gasteiger charge is -2.36. The van der Waals surface area contributed by atoms with Crippen molar-refractivity contribution in [2.75, 3.05) is 47.9 Å². The normalized spacial score (nSPS) is 20.2. The number of hydrogen-bond donors (Lipinski definition) is 1. The van der Waals surface area contributed by atoms with Crippen LogP contribution in [0.2, 0.25) is 0 Å². The van der Waals surface area contributed by atoms with Crippen molar-refractivity contribution in [1.82, 2.24) is 9.97 Å². The van der Waals surface area contributed by atoms with E-state index in [0.717, 1.165) is 50.7 Å². The minimum absolute atomic E-state index is 0.0824. The van der Waals surface area contributed by atoms with Crippen molar-refractivity contribution >= 4 is 23.2 Å². The largest absolute Gasteiger partial charge is 0.368 e. The van der Waals surface area contributed by atoms with Gasteiger partial charge in [-0.1, -0.05) is 6.07 Å². The predicted molar refractivity (Wildman–Crippen MR) is 101 cm³/mol. The van der Waals surface area contributed by atoms with Gasteiger partial charge in [-0.25, -0.2) is 9.97 Å². The second-order valence-corrected chi connectivity index (χ2v) is 6.56. The van der Waals surface area contributed by atoms with Crippen LogP contribution in [0, 0.1) is 0 Å². The summed E-state index contributed by atoms with van der Waals surface area (Å²) in [5.74, 6) is 1.87. The SMILES string of the molecule is O=C(Nc1ccc(N2CCN(c3ccccn3)CC2)nc1)C1CCCO1. The van der Waals surface area contributed by atoms with Crippen LogP contribution in [-0.4, -0.2) is 54.8 Å². The zero-order valence-electron chi connectivity index (χ0n) is 14.7. The zero-order valence-corrected chi connectivity index (χ0v) is 14.7. The Morgan fingerprint density at radius 1 is 1.04 bits per heavy atom. The van der Waals surface area contributed by atoms with E-state index in [1.165, 1.54) is 0 Å². The van der Waals surface area contributed by atoms with Gasteiger partial charge < -0.3 is 19.9 Å². The van der Waals surface area contributed by atoms with Crippen LogP contribution < -0.4 is 15.1 Å². The quantitative estimate of drug-likeness (QED) is 0.906. The third kappa shape index (κ3) is 3.77. The van der Waals surface area contributed by atoms with Crippen LogP contribution in [0.25, 0.3) is 0 Å². The zero-order chi connectivity index (χ0) is 17.8. The van der Waals surface area contributed by atoms with Crippen molar-refractivity contribution in [3.63, 3.8) is 0 Å². The van der Waals surface area contributed by atoms with E-state index in [2.05, 4.69) is 25.1 Å². The molecule has 2 saturated heterocycles. The van der Waals surface area contributed by atoms with E-state index in [9.17, 15) is 4.79 Å². The van der Waals surface area contributed by atoms with E-state index >= 15 is 0 Å². The van der Waals surface area contributed by atoms with Crippen molar-refractivity contribution in [3.05, 3.63) is 42.7 Å². The fraction of sp³-hybridized carbons (Fsp3) is 0.421. The van der Waals surface area contributed by atoms with E-state index in [0.29, 0.717) is 12.3 Å². The maximum Gasteiger partial charge on any atom is 0.253 e. The standard InChI is InChI=1S/C19H23N5O2/c25-19(16-4-3-13-26-16)22-15-6-7-18(21-14-15)24-11-9-23(10-12-24)17-5-1-2-8-20-17/h1-2,5-8,14,16H,3-4,9-13H2,(H,22,25). The van der Waals surface area contributed by atoms with Crippen LogP contribution in [0.1, 0.15) is 12.8 Å². The van der Waals surface area contributed by atoms with Crippen molar-refractivity contribution in [2.24, 2.45) is 0 Å². The Morgan fingerprint density at radius 3 is 2.38 bits per heavy atom. The maximum absolute atomic E-state index is 12.1. The number of piperazine rings is 1. The molecule has 0 bridgehead atoms. The van der Waals surface area contributed by atoms with Crippen LogP contribution in [0.4, 0.5) is 17.3 Å². The second kappa shape index (κ2) is 7.70. The topological polar surface area (TPSA) is 70.6 Å². The molecule has 0 saturated carbocycles. The first-order valence-corrected chi connectivity index (χ1v) is 9.09. The van der Waals surface area contributed by atoms with Gasteiger partial charge in [-0.15, -0.1) is 0 Å².